The van der Waals surface area contributed by atoms with Gasteiger partial charge in [-0.15, -0.1) is 0 Å². The number of hydrogen-bond acceptors (Lipinski definition) is 2. The van der Waals surface area contributed by atoms with Crippen molar-refractivity contribution in [2.45, 2.75) is 24.7 Å². The molecule has 12 rings (SSSR count). The lowest BCUT2D eigenvalue weighted by Gasteiger charge is -2.40. The van der Waals surface area contributed by atoms with Crippen molar-refractivity contribution in [2.75, 3.05) is 4.90 Å². The monoisotopic (exact) mass is 744 g/mol. The van der Waals surface area contributed by atoms with E-state index in [0.717, 1.165) is 58.3 Å². The Morgan fingerprint density at radius 1 is 0.534 bits per heavy atom. The van der Waals surface area contributed by atoms with E-state index in [1.54, 1.807) is 0 Å². The van der Waals surface area contributed by atoms with Gasteiger partial charge in [-0.25, -0.2) is 0 Å². The van der Waals surface area contributed by atoms with Crippen LogP contribution in [0.4, 0.5) is 17.1 Å². The standard InChI is InChI=1S/C55H40N2O/c1-4-16-37(17-5-1)55(38-18-6-2-7-19-38)49-25-13-10-22-43(49)44-31-28-41(35-50(44)55)56(42-29-32-47-46-24-12-15-27-53(46)58-54(47)36-42)40-30-33-52-48(34-40)45-23-11-14-26-51(45)57(52)39-20-8-3-9-21-39/h1-8,10-18,20,22-36,38H,9,19,21H2. The van der Waals surface area contributed by atoms with Crippen molar-refractivity contribution in [2.24, 2.45) is 5.92 Å². The summed E-state index contributed by atoms with van der Waals surface area (Å²) in [5.41, 5.74) is 15.1. The van der Waals surface area contributed by atoms with Gasteiger partial charge in [0.1, 0.15) is 11.2 Å². The Bertz CT molecular complexity index is 3230. The largest absolute Gasteiger partial charge is 0.456 e. The van der Waals surface area contributed by atoms with Crippen molar-refractivity contribution < 1.29 is 4.42 Å². The third kappa shape index (κ3) is 4.80. The number of rotatable bonds is 6. The van der Waals surface area contributed by atoms with Crippen molar-refractivity contribution in [3.63, 3.8) is 0 Å². The molecule has 0 amide bonds. The van der Waals surface area contributed by atoms with Gasteiger partial charge in [-0.3, -0.25) is 0 Å². The van der Waals surface area contributed by atoms with Crippen LogP contribution in [0.1, 0.15) is 36.0 Å². The van der Waals surface area contributed by atoms with Crippen LogP contribution < -0.4 is 4.90 Å². The number of fused-ring (bicyclic) bond motifs is 9. The highest BCUT2D eigenvalue weighted by Crippen LogP contribution is 2.59. The van der Waals surface area contributed by atoms with Crippen molar-refractivity contribution in [1.82, 2.24) is 4.57 Å². The predicted octanol–water partition coefficient (Wildman–Crippen LogP) is 14.8. The Labute approximate surface area is 337 Å². The molecule has 58 heavy (non-hydrogen) atoms. The molecule has 3 heteroatoms. The Kier molecular flexibility index (Phi) is 7.40. The van der Waals surface area contributed by atoms with Crippen LogP contribution in [-0.4, -0.2) is 4.57 Å². The van der Waals surface area contributed by atoms with Gasteiger partial charge >= 0.3 is 0 Å². The highest BCUT2D eigenvalue weighted by atomic mass is 16.3. The number of anilines is 3. The lowest BCUT2D eigenvalue weighted by Crippen LogP contribution is -2.35. The van der Waals surface area contributed by atoms with Gasteiger partial charge in [-0.2, -0.15) is 0 Å². The van der Waals surface area contributed by atoms with Gasteiger partial charge in [0.2, 0.25) is 0 Å². The van der Waals surface area contributed by atoms with E-state index in [1.807, 2.05) is 6.07 Å². The molecular weight excluding hydrogens is 705 g/mol. The first-order valence-corrected chi connectivity index (χ1v) is 20.5. The molecule has 3 aliphatic carbocycles. The minimum absolute atomic E-state index is 0.240. The third-order valence-corrected chi connectivity index (χ3v) is 12.9. The summed E-state index contributed by atoms with van der Waals surface area (Å²) < 4.78 is 9.01. The summed E-state index contributed by atoms with van der Waals surface area (Å²) >= 11 is 0. The van der Waals surface area contributed by atoms with Gasteiger partial charge in [0.15, 0.2) is 0 Å². The molecule has 2 heterocycles. The van der Waals surface area contributed by atoms with E-state index in [2.05, 4.69) is 204 Å². The van der Waals surface area contributed by atoms with Crippen molar-refractivity contribution in [3.05, 3.63) is 217 Å². The van der Waals surface area contributed by atoms with E-state index in [-0.39, 0.29) is 11.3 Å². The summed E-state index contributed by atoms with van der Waals surface area (Å²) in [5, 5.41) is 4.75. The minimum atomic E-state index is -0.377. The van der Waals surface area contributed by atoms with E-state index in [4.69, 9.17) is 4.42 Å². The summed E-state index contributed by atoms with van der Waals surface area (Å²) in [7, 11) is 0. The van der Waals surface area contributed by atoms with Crippen LogP contribution in [0.3, 0.4) is 0 Å². The fourth-order valence-electron chi connectivity index (χ4n) is 10.5. The minimum Gasteiger partial charge on any atom is -0.456 e. The predicted molar refractivity (Wildman–Crippen MR) is 242 cm³/mol. The number of allylic oxidation sites excluding steroid dienone is 8. The summed E-state index contributed by atoms with van der Waals surface area (Å²) in [6, 6.07) is 58.4. The van der Waals surface area contributed by atoms with Gasteiger partial charge < -0.3 is 13.9 Å². The van der Waals surface area contributed by atoms with E-state index in [0.29, 0.717) is 0 Å². The lowest BCUT2D eigenvalue weighted by molar-refractivity contribution is 0.457. The summed E-state index contributed by atoms with van der Waals surface area (Å²) in [4.78, 5) is 2.44. The molecule has 276 valence electrons. The molecule has 0 saturated heterocycles. The van der Waals surface area contributed by atoms with Crippen molar-refractivity contribution in [3.8, 4) is 11.1 Å². The summed E-state index contributed by atoms with van der Waals surface area (Å²) in [6.07, 6.45) is 19.0. The molecule has 2 unspecified atom stereocenters. The Morgan fingerprint density at radius 3 is 2.14 bits per heavy atom. The molecule has 7 aromatic carbocycles. The van der Waals surface area contributed by atoms with Crippen LogP contribution in [0.15, 0.2) is 205 Å². The first-order valence-electron chi connectivity index (χ1n) is 20.5. The maximum Gasteiger partial charge on any atom is 0.137 e. The van der Waals surface area contributed by atoms with Gasteiger partial charge in [0.25, 0.3) is 0 Å². The molecular formula is C55H40N2O. The molecule has 2 aromatic heterocycles. The molecule has 3 aliphatic rings. The fraction of sp³-hybridized carbons (Fsp3) is 0.0909. The highest BCUT2D eigenvalue weighted by molar-refractivity contribution is 6.12. The van der Waals surface area contributed by atoms with Gasteiger partial charge in [0.05, 0.1) is 16.4 Å². The highest BCUT2D eigenvalue weighted by Gasteiger charge is 2.49. The van der Waals surface area contributed by atoms with Crippen LogP contribution in [-0.2, 0) is 5.41 Å². The number of aromatic nitrogens is 1. The number of benzene rings is 7. The zero-order valence-corrected chi connectivity index (χ0v) is 32.1. The fourth-order valence-corrected chi connectivity index (χ4v) is 10.5. The van der Waals surface area contributed by atoms with Crippen LogP contribution >= 0.6 is 0 Å². The molecule has 2 atom stereocenters. The van der Waals surface area contributed by atoms with Gasteiger partial charge in [-0.1, -0.05) is 134 Å². The van der Waals surface area contributed by atoms with Crippen molar-refractivity contribution >= 4 is 66.5 Å². The molecule has 0 radical (unpaired) electrons. The Balaban J connectivity index is 1.12. The Morgan fingerprint density at radius 2 is 1.26 bits per heavy atom. The van der Waals surface area contributed by atoms with Crippen LogP contribution in [0.25, 0.3) is 60.6 Å². The Hall–Kier alpha value is -7.10. The number of furan rings is 1. The first kappa shape index (κ1) is 33.1. The van der Waals surface area contributed by atoms with Crippen LogP contribution in [0.2, 0.25) is 0 Å². The summed E-state index contributed by atoms with van der Waals surface area (Å²) in [5.74, 6) is 0.240. The van der Waals surface area contributed by atoms with E-state index < -0.39 is 0 Å². The average Bonchev–Trinajstić information content (AvgIpc) is 3.93. The number of para-hydroxylation sites is 2. The van der Waals surface area contributed by atoms with Gasteiger partial charge in [-0.05, 0) is 114 Å². The first-order chi connectivity index (χ1) is 28.8. The normalized spacial score (nSPS) is 18.3. The second-order valence-corrected chi connectivity index (χ2v) is 15.9. The molecule has 0 bridgehead atoms. The molecule has 0 fully saturated rings. The molecule has 0 spiro atoms. The van der Waals surface area contributed by atoms with E-state index >= 15 is 0 Å². The second kappa shape index (κ2) is 13.0. The molecule has 0 saturated carbocycles. The third-order valence-electron chi connectivity index (χ3n) is 12.9. The average molecular weight is 745 g/mol. The SMILES string of the molecule is C1=CCCC(n2c3ccccc3c3cc(N(c4ccc5c(c4)C(c4ccccc4)(C4C=CC=CC4)c4ccccc4-5)c4ccc5c(c4)oc4ccccc45)ccc32)=C1. The second-order valence-electron chi connectivity index (χ2n) is 15.9. The number of hydrogen-bond donors (Lipinski definition) is 0. The van der Waals surface area contributed by atoms with E-state index in [9.17, 15) is 0 Å². The molecule has 9 aromatic rings. The van der Waals surface area contributed by atoms with Crippen LogP contribution in [0, 0.1) is 5.92 Å². The summed E-state index contributed by atoms with van der Waals surface area (Å²) in [6.45, 7) is 0. The quantitative estimate of drug-likeness (QED) is 0.169. The maximum atomic E-state index is 6.54. The van der Waals surface area contributed by atoms with E-state index in [1.165, 1.54) is 55.3 Å². The zero-order valence-electron chi connectivity index (χ0n) is 32.1. The van der Waals surface area contributed by atoms with Gasteiger partial charge in [0, 0.05) is 50.4 Å². The zero-order chi connectivity index (χ0) is 38.2. The maximum absolute atomic E-state index is 6.54. The lowest BCUT2D eigenvalue weighted by atomic mass is 9.62. The number of nitrogens with zero attached hydrogens (tertiary/aromatic N) is 2. The smallest absolute Gasteiger partial charge is 0.137 e. The van der Waals surface area contributed by atoms with Crippen LogP contribution in [0.5, 0.6) is 0 Å². The molecule has 0 aliphatic heterocycles. The molecule has 0 N–H and O–H groups in total. The van der Waals surface area contributed by atoms with Crippen molar-refractivity contribution in [1.29, 1.82) is 0 Å². The topological polar surface area (TPSA) is 21.3 Å². The molecule has 3 nitrogen and oxygen atoms in total.